The van der Waals surface area contributed by atoms with Crippen LogP contribution in [0.3, 0.4) is 0 Å². The molecule has 0 aromatic heterocycles. The summed E-state index contributed by atoms with van der Waals surface area (Å²) in [6.07, 6.45) is 3.19. The molecule has 1 heterocycles. The van der Waals surface area contributed by atoms with Gasteiger partial charge in [0.1, 0.15) is 6.61 Å². The quantitative estimate of drug-likeness (QED) is 0.184. The lowest BCUT2D eigenvalue weighted by Crippen LogP contribution is -2.29. The third-order valence-corrected chi connectivity index (χ3v) is 7.58. The fourth-order valence-corrected chi connectivity index (χ4v) is 5.63. The molecule has 7 heteroatoms. The van der Waals surface area contributed by atoms with Crippen molar-refractivity contribution in [2.75, 3.05) is 13.2 Å². The number of hydrogen-bond acceptors (Lipinski definition) is 5. The smallest absolute Gasteiger partial charge is 0.293 e. The molecule has 1 fully saturated rings. The maximum atomic E-state index is 13.0. The minimum absolute atomic E-state index is 0.259. The molecule has 0 atom stereocenters. The van der Waals surface area contributed by atoms with Gasteiger partial charge in [-0.2, -0.15) is 0 Å². The van der Waals surface area contributed by atoms with E-state index < -0.39 is 0 Å². The second kappa shape index (κ2) is 12.4. The van der Waals surface area contributed by atoms with Crippen molar-refractivity contribution >= 4 is 51.4 Å². The van der Waals surface area contributed by atoms with Gasteiger partial charge in [0.15, 0.2) is 11.5 Å². The van der Waals surface area contributed by atoms with Crippen LogP contribution >= 0.6 is 23.4 Å². The molecule has 5 rings (SSSR count). The van der Waals surface area contributed by atoms with Gasteiger partial charge < -0.3 is 9.47 Å². The first-order valence-corrected chi connectivity index (χ1v) is 14.1. The van der Waals surface area contributed by atoms with E-state index in [0.717, 1.165) is 29.1 Å². The van der Waals surface area contributed by atoms with Crippen LogP contribution in [0.1, 0.15) is 30.0 Å². The van der Waals surface area contributed by atoms with Gasteiger partial charge in [0.2, 0.25) is 0 Å². The van der Waals surface area contributed by atoms with E-state index in [4.69, 9.17) is 21.1 Å². The molecule has 1 aliphatic rings. The summed E-state index contributed by atoms with van der Waals surface area (Å²) in [5, 5.41) is 2.42. The number of fused-ring (bicyclic) bond motifs is 1. The van der Waals surface area contributed by atoms with E-state index >= 15 is 0 Å². The first-order chi connectivity index (χ1) is 19.0. The molecule has 1 saturated heterocycles. The van der Waals surface area contributed by atoms with E-state index in [1.54, 1.807) is 18.2 Å². The Morgan fingerprint density at radius 2 is 1.64 bits per heavy atom. The number of hydrogen-bond donors (Lipinski definition) is 0. The van der Waals surface area contributed by atoms with E-state index in [-0.39, 0.29) is 11.1 Å². The number of nitrogens with zero attached hydrogens (tertiary/aromatic N) is 1. The van der Waals surface area contributed by atoms with Crippen molar-refractivity contribution in [3.05, 3.63) is 112 Å². The third kappa shape index (κ3) is 6.47. The Balaban J connectivity index is 1.29. The number of carbonyl (C=O) groups is 2. The maximum absolute atomic E-state index is 13.0. The molecule has 1 aliphatic heterocycles. The van der Waals surface area contributed by atoms with Gasteiger partial charge in [-0.3, -0.25) is 14.5 Å². The number of benzene rings is 4. The molecule has 0 unspecified atom stereocenters. The van der Waals surface area contributed by atoms with Gasteiger partial charge in [-0.1, -0.05) is 78.3 Å². The van der Waals surface area contributed by atoms with Crippen molar-refractivity contribution in [2.24, 2.45) is 0 Å². The monoisotopic (exact) mass is 557 g/mol. The summed E-state index contributed by atoms with van der Waals surface area (Å²) >= 11 is 7.58. The predicted octanol–water partition coefficient (Wildman–Crippen LogP) is 8.14. The van der Waals surface area contributed by atoms with E-state index in [9.17, 15) is 9.59 Å². The summed E-state index contributed by atoms with van der Waals surface area (Å²) in [4.78, 5) is 27.3. The highest BCUT2D eigenvalue weighted by Gasteiger charge is 2.34. The Morgan fingerprint density at radius 1 is 0.872 bits per heavy atom. The second-order valence-corrected chi connectivity index (χ2v) is 10.6. The zero-order valence-corrected chi connectivity index (χ0v) is 23.1. The fraction of sp³-hybridized carbons (Fsp3) is 0.188. The highest BCUT2D eigenvalue weighted by Crippen LogP contribution is 2.39. The first kappa shape index (κ1) is 26.9. The minimum Gasteiger partial charge on any atom is -0.490 e. The van der Waals surface area contributed by atoms with Gasteiger partial charge in [-0.15, -0.1) is 0 Å². The molecule has 4 aromatic rings. The largest absolute Gasteiger partial charge is 0.490 e. The van der Waals surface area contributed by atoms with Crippen molar-refractivity contribution in [1.29, 1.82) is 0 Å². The highest BCUT2D eigenvalue weighted by molar-refractivity contribution is 8.18. The summed E-state index contributed by atoms with van der Waals surface area (Å²) in [6.45, 7) is 3.01. The zero-order valence-electron chi connectivity index (χ0n) is 21.6. The van der Waals surface area contributed by atoms with Gasteiger partial charge in [0, 0.05) is 6.54 Å². The van der Waals surface area contributed by atoms with Crippen LogP contribution in [-0.2, 0) is 17.8 Å². The molecular weight excluding hydrogens is 530 g/mol. The number of thioether (sulfide) groups is 1. The van der Waals surface area contributed by atoms with Crippen LogP contribution in [0, 0.1) is 0 Å². The lowest BCUT2D eigenvalue weighted by Gasteiger charge is -2.15. The lowest BCUT2D eigenvalue weighted by molar-refractivity contribution is -0.122. The molecule has 0 N–H and O–H groups in total. The second-order valence-electron chi connectivity index (χ2n) is 9.16. The molecule has 39 heavy (non-hydrogen) atoms. The minimum atomic E-state index is -0.288. The summed E-state index contributed by atoms with van der Waals surface area (Å²) < 4.78 is 11.9. The highest BCUT2D eigenvalue weighted by atomic mass is 35.5. The Hall–Kier alpha value is -3.74. The van der Waals surface area contributed by atoms with Crippen molar-refractivity contribution in [3.8, 4) is 11.5 Å². The van der Waals surface area contributed by atoms with Gasteiger partial charge >= 0.3 is 0 Å². The van der Waals surface area contributed by atoms with E-state index in [1.807, 2.05) is 55.5 Å². The van der Waals surface area contributed by atoms with Crippen molar-refractivity contribution in [2.45, 2.75) is 26.4 Å². The van der Waals surface area contributed by atoms with Crippen molar-refractivity contribution < 1.29 is 19.1 Å². The van der Waals surface area contributed by atoms with Crippen LogP contribution in [0.2, 0.25) is 5.02 Å². The van der Waals surface area contributed by atoms with E-state index in [0.29, 0.717) is 53.2 Å². The van der Waals surface area contributed by atoms with Crippen LogP contribution < -0.4 is 9.47 Å². The standard InChI is InChI=1S/C32H28ClNO4S/c1-2-37-28-19-24(18-27(33)30(28)38-21-23-14-15-25-12-6-7-13-26(25)17-23)20-29-31(35)34(32(36)39-29)16-8-11-22-9-4-3-5-10-22/h3-7,9-10,12-15,17-20H,2,8,11,16,21H2,1H3/b29-20+. The number of aryl methyl sites for hydroxylation is 1. The van der Waals surface area contributed by atoms with Crippen LogP contribution in [0.15, 0.2) is 89.8 Å². The number of imide groups is 1. The molecule has 2 amide bonds. The Morgan fingerprint density at radius 3 is 2.44 bits per heavy atom. The van der Waals surface area contributed by atoms with Crippen LogP contribution in [0.5, 0.6) is 11.5 Å². The molecular formula is C32H28ClNO4S. The Labute approximate surface area is 237 Å². The van der Waals surface area contributed by atoms with Gasteiger partial charge in [0.25, 0.3) is 11.1 Å². The van der Waals surface area contributed by atoms with Crippen molar-refractivity contribution in [3.63, 3.8) is 0 Å². The summed E-state index contributed by atoms with van der Waals surface area (Å²) in [5.41, 5.74) is 2.86. The normalized spacial score (nSPS) is 14.4. The number of halogens is 1. The first-order valence-electron chi connectivity index (χ1n) is 12.9. The number of carbonyl (C=O) groups excluding carboxylic acids is 2. The van der Waals surface area contributed by atoms with Crippen LogP contribution in [-0.4, -0.2) is 29.2 Å². The average molecular weight is 558 g/mol. The molecule has 4 aromatic carbocycles. The summed E-state index contributed by atoms with van der Waals surface area (Å²) in [7, 11) is 0. The van der Waals surface area contributed by atoms with E-state index in [2.05, 4.69) is 24.3 Å². The SMILES string of the molecule is CCOc1cc(/C=C2/SC(=O)N(CCCc3ccccc3)C2=O)cc(Cl)c1OCc1ccc2ccccc2c1. The summed E-state index contributed by atoms with van der Waals surface area (Å²) in [6, 6.07) is 27.9. The maximum Gasteiger partial charge on any atom is 0.293 e. The number of amides is 2. The van der Waals surface area contributed by atoms with Gasteiger partial charge in [-0.25, -0.2) is 0 Å². The van der Waals surface area contributed by atoms with Crippen LogP contribution in [0.25, 0.3) is 16.8 Å². The lowest BCUT2D eigenvalue weighted by atomic mass is 10.1. The molecule has 0 aliphatic carbocycles. The molecule has 5 nitrogen and oxygen atoms in total. The molecule has 198 valence electrons. The Bertz CT molecular complexity index is 1540. The van der Waals surface area contributed by atoms with Gasteiger partial charge in [-0.05, 0) is 83.3 Å². The predicted molar refractivity (Wildman–Crippen MR) is 158 cm³/mol. The summed E-state index contributed by atoms with van der Waals surface area (Å²) in [5.74, 6) is 0.640. The van der Waals surface area contributed by atoms with E-state index in [1.165, 1.54) is 15.8 Å². The average Bonchev–Trinajstić information content (AvgIpc) is 3.20. The molecule has 0 saturated carbocycles. The third-order valence-electron chi connectivity index (χ3n) is 6.39. The zero-order chi connectivity index (χ0) is 27.2. The van der Waals surface area contributed by atoms with Crippen LogP contribution in [0.4, 0.5) is 4.79 Å². The molecule has 0 bridgehead atoms. The topological polar surface area (TPSA) is 55.8 Å². The molecule has 0 spiro atoms. The molecule has 0 radical (unpaired) electrons. The Kier molecular flexibility index (Phi) is 8.54. The van der Waals surface area contributed by atoms with Crippen molar-refractivity contribution in [1.82, 2.24) is 4.90 Å². The fourth-order valence-electron chi connectivity index (χ4n) is 4.49. The number of rotatable bonds is 10. The van der Waals surface area contributed by atoms with Gasteiger partial charge in [0.05, 0.1) is 16.5 Å². The number of ether oxygens (including phenoxy) is 2.